The molecule has 7 heteroatoms. The van der Waals surface area contributed by atoms with Gasteiger partial charge in [-0.15, -0.1) is 0 Å². The third-order valence-electron chi connectivity index (χ3n) is 4.95. The average molecular weight is 365 g/mol. The Morgan fingerprint density at radius 2 is 1.88 bits per heavy atom. The van der Waals surface area contributed by atoms with E-state index in [2.05, 4.69) is 5.32 Å². The summed E-state index contributed by atoms with van der Waals surface area (Å²) >= 11 is 0. The quantitative estimate of drug-likeness (QED) is 0.865. The van der Waals surface area contributed by atoms with Gasteiger partial charge < -0.3 is 5.32 Å². The molecule has 0 radical (unpaired) electrons. The van der Waals surface area contributed by atoms with E-state index in [1.54, 1.807) is 0 Å². The molecular weight excluding hydrogens is 338 g/mol. The van der Waals surface area contributed by atoms with E-state index >= 15 is 0 Å². The molecule has 1 saturated carbocycles. The predicted molar refractivity (Wildman–Crippen MR) is 97.1 cm³/mol. The van der Waals surface area contributed by atoms with E-state index in [9.17, 15) is 13.2 Å². The standard InChI is InChI=1S/C18H27N3O3S/c1-15-6-4-7-16(12-15)13-20-10-5-11-21(25(20,23)24)14-18(22)19-17-8-2-3-9-17/h4,6-7,12,17H,2-3,5,8-11,13-14H2,1H3,(H,19,22). The number of nitrogens with one attached hydrogen (secondary N) is 1. The summed E-state index contributed by atoms with van der Waals surface area (Å²) in [5, 5.41) is 2.97. The lowest BCUT2D eigenvalue weighted by molar-refractivity contribution is -0.122. The number of rotatable bonds is 5. The van der Waals surface area contributed by atoms with Crippen LogP contribution in [-0.4, -0.2) is 48.6 Å². The van der Waals surface area contributed by atoms with Gasteiger partial charge in [-0.3, -0.25) is 4.79 Å². The number of amides is 1. The van der Waals surface area contributed by atoms with Crippen molar-refractivity contribution in [3.8, 4) is 0 Å². The van der Waals surface area contributed by atoms with E-state index in [0.29, 0.717) is 19.6 Å². The number of aryl methyl sites for hydroxylation is 1. The number of nitrogens with zero attached hydrogens (tertiary/aromatic N) is 2. The minimum atomic E-state index is -3.60. The Balaban J connectivity index is 1.63. The molecule has 1 aromatic rings. The highest BCUT2D eigenvalue weighted by molar-refractivity contribution is 7.86. The maximum Gasteiger partial charge on any atom is 0.282 e. The molecule has 1 amide bonds. The Labute approximate surface area is 150 Å². The molecule has 0 unspecified atom stereocenters. The summed E-state index contributed by atoms with van der Waals surface area (Å²) in [6.45, 7) is 3.17. The van der Waals surface area contributed by atoms with Crippen LogP contribution in [0.5, 0.6) is 0 Å². The summed E-state index contributed by atoms with van der Waals surface area (Å²) in [5.41, 5.74) is 2.08. The van der Waals surface area contributed by atoms with Gasteiger partial charge in [-0.1, -0.05) is 42.7 Å². The summed E-state index contributed by atoms with van der Waals surface area (Å²) in [4.78, 5) is 12.2. The molecule has 0 spiro atoms. The minimum Gasteiger partial charge on any atom is -0.352 e. The summed E-state index contributed by atoms with van der Waals surface area (Å²) in [5.74, 6) is -0.187. The molecule has 2 fully saturated rings. The maximum atomic E-state index is 12.8. The smallest absolute Gasteiger partial charge is 0.282 e. The van der Waals surface area contributed by atoms with Crippen LogP contribution < -0.4 is 5.32 Å². The molecule has 1 heterocycles. The molecule has 0 bridgehead atoms. The van der Waals surface area contributed by atoms with Gasteiger partial charge in [0.05, 0.1) is 6.54 Å². The number of carbonyl (C=O) groups excluding carboxylic acids is 1. The Morgan fingerprint density at radius 1 is 1.16 bits per heavy atom. The zero-order valence-corrected chi connectivity index (χ0v) is 15.6. The largest absolute Gasteiger partial charge is 0.352 e. The highest BCUT2D eigenvalue weighted by atomic mass is 32.2. The Kier molecular flexibility index (Phi) is 5.76. The lowest BCUT2D eigenvalue weighted by atomic mass is 10.1. The first kappa shape index (κ1) is 18.4. The van der Waals surface area contributed by atoms with Crippen LogP contribution >= 0.6 is 0 Å². The van der Waals surface area contributed by atoms with Crippen molar-refractivity contribution in [2.45, 2.75) is 51.6 Å². The number of carbonyl (C=O) groups is 1. The molecule has 1 saturated heterocycles. The van der Waals surface area contributed by atoms with E-state index in [4.69, 9.17) is 0 Å². The van der Waals surface area contributed by atoms with E-state index in [1.165, 1.54) is 8.61 Å². The second kappa shape index (κ2) is 7.85. The summed E-state index contributed by atoms with van der Waals surface area (Å²) in [6.07, 6.45) is 5.01. The van der Waals surface area contributed by atoms with Crippen LogP contribution in [0.2, 0.25) is 0 Å². The molecule has 1 aromatic carbocycles. The van der Waals surface area contributed by atoms with Gasteiger partial charge in [0, 0.05) is 25.7 Å². The van der Waals surface area contributed by atoms with Crippen molar-refractivity contribution in [3.05, 3.63) is 35.4 Å². The molecule has 25 heavy (non-hydrogen) atoms. The van der Waals surface area contributed by atoms with Crippen LogP contribution in [-0.2, 0) is 21.5 Å². The third kappa shape index (κ3) is 4.59. The zero-order chi connectivity index (χ0) is 17.9. The summed E-state index contributed by atoms with van der Waals surface area (Å²) in [6, 6.07) is 8.08. The van der Waals surface area contributed by atoms with Crippen molar-refractivity contribution in [1.29, 1.82) is 0 Å². The second-order valence-electron chi connectivity index (χ2n) is 7.07. The van der Waals surface area contributed by atoms with Gasteiger partial charge in [-0.25, -0.2) is 0 Å². The zero-order valence-electron chi connectivity index (χ0n) is 14.8. The molecule has 1 N–H and O–H groups in total. The topological polar surface area (TPSA) is 69.7 Å². The fourth-order valence-corrected chi connectivity index (χ4v) is 5.30. The van der Waals surface area contributed by atoms with Crippen LogP contribution in [0.4, 0.5) is 0 Å². The summed E-state index contributed by atoms with van der Waals surface area (Å²) in [7, 11) is -3.60. The van der Waals surface area contributed by atoms with Crippen molar-refractivity contribution >= 4 is 16.1 Å². The van der Waals surface area contributed by atoms with Gasteiger partial charge in [0.2, 0.25) is 5.91 Å². The SMILES string of the molecule is Cc1cccc(CN2CCCN(CC(=O)NC3CCCC3)S2(=O)=O)c1. The van der Waals surface area contributed by atoms with E-state index in [0.717, 1.165) is 43.2 Å². The number of hydrogen-bond acceptors (Lipinski definition) is 3. The Bertz CT molecular complexity index is 714. The van der Waals surface area contributed by atoms with E-state index in [1.807, 2.05) is 31.2 Å². The van der Waals surface area contributed by atoms with Gasteiger partial charge in [-0.2, -0.15) is 17.0 Å². The first-order valence-electron chi connectivity index (χ1n) is 9.05. The second-order valence-corrected chi connectivity index (χ2v) is 8.99. The van der Waals surface area contributed by atoms with Gasteiger partial charge in [0.25, 0.3) is 10.2 Å². The molecule has 6 nitrogen and oxygen atoms in total. The van der Waals surface area contributed by atoms with Crippen molar-refractivity contribution in [2.75, 3.05) is 19.6 Å². The molecule has 0 aromatic heterocycles. The maximum absolute atomic E-state index is 12.8. The third-order valence-corrected chi connectivity index (χ3v) is 6.88. The lowest BCUT2D eigenvalue weighted by Crippen LogP contribution is -2.52. The normalized spacial score (nSPS) is 22.1. The average Bonchev–Trinajstić information content (AvgIpc) is 3.04. The summed E-state index contributed by atoms with van der Waals surface area (Å²) < 4.78 is 28.5. The molecule has 0 atom stereocenters. The highest BCUT2D eigenvalue weighted by Crippen LogP contribution is 2.20. The van der Waals surface area contributed by atoms with Gasteiger partial charge in [-0.05, 0) is 31.7 Å². The molecule has 3 rings (SSSR count). The first-order valence-corrected chi connectivity index (χ1v) is 10.4. The van der Waals surface area contributed by atoms with Crippen molar-refractivity contribution in [2.24, 2.45) is 0 Å². The Hall–Kier alpha value is -1.44. The van der Waals surface area contributed by atoms with E-state index in [-0.39, 0.29) is 18.5 Å². The van der Waals surface area contributed by atoms with Gasteiger partial charge in [0.1, 0.15) is 0 Å². The molecule has 1 aliphatic heterocycles. The number of benzene rings is 1. The first-order chi connectivity index (χ1) is 11.9. The van der Waals surface area contributed by atoms with Crippen molar-refractivity contribution in [1.82, 2.24) is 13.9 Å². The van der Waals surface area contributed by atoms with Gasteiger partial charge >= 0.3 is 0 Å². The molecule has 2 aliphatic rings. The van der Waals surface area contributed by atoms with Gasteiger partial charge in [0.15, 0.2) is 0 Å². The lowest BCUT2D eigenvalue weighted by Gasteiger charge is -2.34. The number of hydrogen-bond donors (Lipinski definition) is 1. The fourth-order valence-electron chi connectivity index (χ4n) is 3.66. The van der Waals surface area contributed by atoms with Crippen LogP contribution in [0.1, 0.15) is 43.2 Å². The fraction of sp³-hybridized carbons (Fsp3) is 0.611. The monoisotopic (exact) mass is 365 g/mol. The molecule has 1 aliphatic carbocycles. The minimum absolute atomic E-state index is 0.0802. The van der Waals surface area contributed by atoms with Crippen molar-refractivity contribution in [3.63, 3.8) is 0 Å². The highest BCUT2D eigenvalue weighted by Gasteiger charge is 2.35. The van der Waals surface area contributed by atoms with E-state index < -0.39 is 10.2 Å². The van der Waals surface area contributed by atoms with Crippen LogP contribution in [0.25, 0.3) is 0 Å². The Morgan fingerprint density at radius 3 is 2.60 bits per heavy atom. The van der Waals surface area contributed by atoms with Crippen LogP contribution in [0.15, 0.2) is 24.3 Å². The van der Waals surface area contributed by atoms with Crippen LogP contribution in [0.3, 0.4) is 0 Å². The molecular formula is C18H27N3O3S. The van der Waals surface area contributed by atoms with Crippen molar-refractivity contribution < 1.29 is 13.2 Å². The van der Waals surface area contributed by atoms with Crippen LogP contribution in [0, 0.1) is 6.92 Å². The predicted octanol–water partition coefficient (Wildman–Crippen LogP) is 1.81. The molecule has 138 valence electrons.